The molecular formula is C17H15BrN4O. The van der Waals surface area contributed by atoms with E-state index in [0.29, 0.717) is 0 Å². The van der Waals surface area contributed by atoms with Crippen LogP contribution >= 0.6 is 15.9 Å². The molecule has 0 aliphatic heterocycles. The van der Waals surface area contributed by atoms with Crippen LogP contribution in [0.5, 0.6) is 0 Å². The first kappa shape index (κ1) is 15.4. The number of imidazole rings is 1. The Morgan fingerprint density at radius 2 is 2.00 bits per heavy atom. The number of hydrogen-bond donors (Lipinski definition) is 1. The number of rotatable bonds is 4. The lowest BCUT2D eigenvalue weighted by atomic mass is 10.2. The second kappa shape index (κ2) is 6.75. The Morgan fingerprint density at radius 3 is 2.78 bits per heavy atom. The third kappa shape index (κ3) is 3.65. The van der Waals surface area contributed by atoms with Gasteiger partial charge in [0.2, 0.25) is 0 Å². The number of hydrogen-bond acceptors (Lipinski definition) is 3. The number of carbonyl (C=O) groups excluding carboxylic acids is 1. The Morgan fingerprint density at radius 1 is 1.26 bits per heavy atom. The number of nitrogens with zero attached hydrogens (tertiary/aromatic N) is 3. The van der Waals surface area contributed by atoms with Gasteiger partial charge < -0.3 is 4.57 Å². The molecule has 0 aliphatic carbocycles. The largest absolute Gasteiger partial charge is 0.319 e. The molecule has 0 saturated heterocycles. The molecule has 6 heteroatoms. The highest BCUT2D eigenvalue weighted by Gasteiger charge is 2.09. The Balaban J connectivity index is 1.67. The molecule has 0 aliphatic rings. The van der Waals surface area contributed by atoms with Crippen LogP contribution in [0.3, 0.4) is 0 Å². The normalized spacial score (nSPS) is 11.2. The van der Waals surface area contributed by atoms with E-state index in [0.717, 1.165) is 26.9 Å². The van der Waals surface area contributed by atoms with Gasteiger partial charge in [0.1, 0.15) is 12.4 Å². The van der Waals surface area contributed by atoms with Crippen molar-refractivity contribution in [3.8, 4) is 0 Å². The van der Waals surface area contributed by atoms with Crippen molar-refractivity contribution in [3.05, 3.63) is 64.4 Å². The lowest BCUT2D eigenvalue weighted by Crippen LogP contribution is -2.23. The summed E-state index contributed by atoms with van der Waals surface area (Å²) in [5.74, 6) is 0.614. The number of aryl methyl sites for hydroxylation is 1. The van der Waals surface area contributed by atoms with Gasteiger partial charge in [0.15, 0.2) is 0 Å². The number of halogens is 1. The summed E-state index contributed by atoms with van der Waals surface area (Å²) in [6, 6.07) is 15.4. The molecule has 0 atom stereocenters. The molecule has 0 radical (unpaired) electrons. The maximum absolute atomic E-state index is 12.1. The van der Waals surface area contributed by atoms with Crippen molar-refractivity contribution >= 4 is 39.1 Å². The number of nitrogens with one attached hydrogen (secondary N) is 1. The van der Waals surface area contributed by atoms with Crippen LogP contribution < -0.4 is 5.43 Å². The maximum Gasteiger partial charge on any atom is 0.260 e. The monoisotopic (exact) mass is 370 g/mol. The van der Waals surface area contributed by atoms with Crippen molar-refractivity contribution in [2.24, 2.45) is 5.10 Å². The molecule has 2 aromatic carbocycles. The van der Waals surface area contributed by atoms with E-state index in [-0.39, 0.29) is 12.5 Å². The van der Waals surface area contributed by atoms with E-state index in [2.05, 4.69) is 31.4 Å². The van der Waals surface area contributed by atoms with Gasteiger partial charge in [0, 0.05) is 4.47 Å². The number of fused-ring (bicyclic) bond motifs is 1. The van der Waals surface area contributed by atoms with Crippen LogP contribution in [-0.4, -0.2) is 21.7 Å². The fourth-order valence-electron chi connectivity index (χ4n) is 2.30. The highest BCUT2D eigenvalue weighted by Crippen LogP contribution is 2.15. The van der Waals surface area contributed by atoms with Crippen molar-refractivity contribution in [1.29, 1.82) is 0 Å². The summed E-state index contributed by atoms with van der Waals surface area (Å²) in [6.45, 7) is 2.07. The first-order valence-corrected chi connectivity index (χ1v) is 7.92. The number of para-hydroxylation sites is 2. The van der Waals surface area contributed by atoms with Gasteiger partial charge in [0.05, 0.1) is 17.2 Å². The van der Waals surface area contributed by atoms with Gasteiger partial charge in [-0.1, -0.05) is 40.2 Å². The van der Waals surface area contributed by atoms with Crippen LogP contribution in [0.4, 0.5) is 0 Å². The molecule has 1 aromatic heterocycles. The highest BCUT2D eigenvalue weighted by atomic mass is 79.9. The topological polar surface area (TPSA) is 59.3 Å². The Kier molecular flexibility index (Phi) is 4.52. The summed E-state index contributed by atoms with van der Waals surface area (Å²) in [7, 11) is 0. The quantitative estimate of drug-likeness (QED) is 0.565. The van der Waals surface area contributed by atoms with E-state index < -0.39 is 0 Å². The maximum atomic E-state index is 12.1. The Bertz CT molecular complexity index is 868. The summed E-state index contributed by atoms with van der Waals surface area (Å²) in [4.78, 5) is 16.5. The number of hydrazone groups is 1. The summed E-state index contributed by atoms with van der Waals surface area (Å²) < 4.78 is 2.88. The molecule has 3 aromatic rings. The van der Waals surface area contributed by atoms with Gasteiger partial charge in [0.25, 0.3) is 5.91 Å². The van der Waals surface area contributed by atoms with Gasteiger partial charge in [-0.25, -0.2) is 10.4 Å². The smallest absolute Gasteiger partial charge is 0.260 e. The van der Waals surface area contributed by atoms with Crippen LogP contribution in [0.1, 0.15) is 11.4 Å². The lowest BCUT2D eigenvalue weighted by molar-refractivity contribution is -0.121. The number of benzene rings is 2. The van der Waals surface area contributed by atoms with Crippen molar-refractivity contribution in [1.82, 2.24) is 15.0 Å². The fourth-order valence-corrected chi connectivity index (χ4v) is 2.57. The number of aromatic nitrogens is 2. The molecule has 1 heterocycles. The molecule has 0 spiro atoms. The van der Waals surface area contributed by atoms with Crippen molar-refractivity contribution in [2.75, 3.05) is 0 Å². The van der Waals surface area contributed by atoms with Crippen LogP contribution in [0.2, 0.25) is 0 Å². The predicted molar refractivity (Wildman–Crippen MR) is 94.3 cm³/mol. The zero-order chi connectivity index (χ0) is 16.2. The fraction of sp³-hybridized carbons (Fsp3) is 0.118. The standard InChI is InChI=1S/C17H15BrN4O/c1-12-20-15-4-2-3-5-16(15)22(12)11-17(23)21-19-10-13-6-8-14(18)9-7-13/h2-10H,11H2,1H3,(H,21,23)/b19-10-. The van der Waals surface area contributed by atoms with E-state index >= 15 is 0 Å². The average Bonchev–Trinajstić information content (AvgIpc) is 2.85. The van der Waals surface area contributed by atoms with Crippen LogP contribution in [-0.2, 0) is 11.3 Å². The molecule has 23 heavy (non-hydrogen) atoms. The van der Waals surface area contributed by atoms with Crippen LogP contribution in [0.15, 0.2) is 58.1 Å². The van der Waals surface area contributed by atoms with Gasteiger partial charge >= 0.3 is 0 Å². The molecule has 0 unspecified atom stereocenters. The van der Waals surface area contributed by atoms with E-state index in [9.17, 15) is 4.79 Å². The zero-order valence-electron chi connectivity index (χ0n) is 12.5. The predicted octanol–water partition coefficient (Wildman–Crippen LogP) is 3.26. The minimum atomic E-state index is -0.190. The van der Waals surface area contributed by atoms with E-state index in [1.807, 2.05) is 60.0 Å². The SMILES string of the molecule is Cc1nc2ccccc2n1CC(=O)N/N=C\c1ccc(Br)cc1. The average molecular weight is 371 g/mol. The Labute approximate surface area is 142 Å². The van der Waals surface area contributed by atoms with Crippen LogP contribution in [0.25, 0.3) is 11.0 Å². The van der Waals surface area contributed by atoms with Gasteiger partial charge in [-0.2, -0.15) is 5.10 Å². The van der Waals surface area contributed by atoms with Crippen molar-refractivity contribution in [3.63, 3.8) is 0 Å². The summed E-state index contributed by atoms with van der Waals surface area (Å²) >= 11 is 3.37. The van der Waals surface area contributed by atoms with Gasteiger partial charge in [-0.15, -0.1) is 0 Å². The molecule has 1 amide bonds. The third-order valence-corrected chi connectivity index (χ3v) is 3.95. The van der Waals surface area contributed by atoms with E-state index in [1.165, 1.54) is 0 Å². The second-order valence-electron chi connectivity index (χ2n) is 5.08. The highest BCUT2D eigenvalue weighted by molar-refractivity contribution is 9.10. The van der Waals surface area contributed by atoms with Gasteiger partial charge in [-0.3, -0.25) is 4.79 Å². The van der Waals surface area contributed by atoms with E-state index in [1.54, 1.807) is 6.21 Å². The zero-order valence-corrected chi connectivity index (χ0v) is 14.1. The molecule has 3 rings (SSSR count). The number of amides is 1. The summed E-state index contributed by atoms with van der Waals surface area (Å²) in [5, 5.41) is 3.99. The molecule has 116 valence electrons. The molecule has 0 saturated carbocycles. The van der Waals surface area contributed by atoms with E-state index in [4.69, 9.17) is 0 Å². The minimum absolute atomic E-state index is 0.185. The molecular weight excluding hydrogens is 356 g/mol. The Hall–Kier alpha value is -2.47. The van der Waals surface area contributed by atoms with Gasteiger partial charge in [-0.05, 0) is 36.8 Å². The molecule has 0 bridgehead atoms. The molecule has 1 N–H and O–H groups in total. The minimum Gasteiger partial charge on any atom is -0.319 e. The third-order valence-electron chi connectivity index (χ3n) is 3.42. The first-order chi connectivity index (χ1) is 11.1. The van der Waals surface area contributed by atoms with Crippen molar-refractivity contribution < 1.29 is 4.79 Å². The first-order valence-electron chi connectivity index (χ1n) is 7.13. The summed E-state index contributed by atoms with van der Waals surface area (Å²) in [6.07, 6.45) is 1.61. The van der Waals surface area contributed by atoms with Crippen LogP contribution in [0, 0.1) is 6.92 Å². The number of carbonyl (C=O) groups is 1. The van der Waals surface area contributed by atoms with Crippen molar-refractivity contribution in [2.45, 2.75) is 13.5 Å². The lowest BCUT2D eigenvalue weighted by Gasteiger charge is -2.05. The molecule has 0 fully saturated rings. The second-order valence-corrected chi connectivity index (χ2v) is 5.99. The molecule has 5 nitrogen and oxygen atoms in total. The summed E-state index contributed by atoms with van der Waals surface area (Å²) in [5.41, 5.74) is 5.29.